The average molecular weight is 218 g/mol. The molecule has 1 aromatic heterocycles. The number of hydrogen-bond donors (Lipinski definition) is 2. The van der Waals surface area contributed by atoms with Crippen LogP contribution in [0, 0.1) is 0 Å². The molecule has 4 N–H and O–H groups in total. The van der Waals surface area contributed by atoms with Gasteiger partial charge in [-0.3, -0.25) is 4.79 Å². The number of amides is 1. The Bertz CT molecular complexity index is 568. The number of aromatic nitrogens is 2. The third-order valence-corrected chi connectivity index (χ3v) is 2.21. The van der Waals surface area contributed by atoms with Crippen LogP contribution in [0.2, 0.25) is 0 Å². The Morgan fingerprint density at radius 2 is 2.19 bits per heavy atom. The van der Waals surface area contributed by atoms with Crippen LogP contribution in [0.5, 0.6) is 5.75 Å². The lowest BCUT2D eigenvalue weighted by Gasteiger charge is -2.07. The van der Waals surface area contributed by atoms with E-state index < -0.39 is 5.91 Å². The summed E-state index contributed by atoms with van der Waals surface area (Å²) in [5.41, 5.74) is 11.4. The van der Waals surface area contributed by atoms with Crippen molar-refractivity contribution in [3.63, 3.8) is 0 Å². The van der Waals surface area contributed by atoms with Gasteiger partial charge < -0.3 is 16.2 Å². The summed E-state index contributed by atoms with van der Waals surface area (Å²) in [6, 6.07) is 3.19. The van der Waals surface area contributed by atoms with Crippen LogP contribution in [0.25, 0.3) is 10.9 Å². The number of primary amides is 1. The molecular weight excluding hydrogens is 208 g/mol. The lowest BCUT2D eigenvalue weighted by atomic mass is 10.1. The highest BCUT2D eigenvalue weighted by Gasteiger charge is 2.12. The zero-order chi connectivity index (χ0) is 11.7. The molecule has 0 radical (unpaired) electrons. The number of nitrogen functional groups attached to an aromatic ring is 1. The van der Waals surface area contributed by atoms with E-state index in [1.165, 1.54) is 13.3 Å². The van der Waals surface area contributed by atoms with Gasteiger partial charge in [0.1, 0.15) is 5.75 Å². The van der Waals surface area contributed by atoms with Crippen molar-refractivity contribution in [3.8, 4) is 5.75 Å². The Kier molecular flexibility index (Phi) is 2.32. The first-order valence-corrected chi connectivity index (χ1v) is 4.52. The molecule has 0 aliphatic rings. The van der Waals surface area contributed by atoms with Gasteiger partial charge in [0.05, 0.1) is 23.6 Å². The van der Waals surface area contributed by atoms with Crippen molar-refractivity contribution in [2.45, 2.75) is 0 Å². The number of carbonyl (C=O) groups is 1. The number of methoxy groups -OCH3 is 1. The normalized spacial score (nSPS) is 10.3. The second-order valence-corrected chi connectivity index (χ2v) is 3.17. The maximum Gasteiger partial charge on any atom is 0.250 e. The molecule has 0 saturated heterocycles. The molecule has 1 heterocycles. The van der Waals surface area contributed by atoms with Crippen LogP contribution in [-0.2, 0) is 0 Å². The SMILES string of the molecule is COc1ccc(C(N)=O)c2nc(N)ncc12. The molecular formula is C10H10N4O2. The first-order chi connectivity index (χ1) is 7.63. The van der Waals surface area contributed by atoms with E-state index in [-0.39, 0.29) is 5.95 Å². The predicted octanol–water partition coefficient (Wildman–Crippen LogP) is 0.319. The maximum absolute atomic E-state index is 11.2. The van der Waals surface area contributed by atoms with Gasteiger partial charge in [-0.25, -0.2) is 9.97 Å². The van der Waals surface area contributed by atoms with Crippen molar-refractivity contribution in [2.75, 3.05) is 12.8 Å². The summed E-state index contributed by atoms with van der Waals surface area (Å²) in [5.74, 6) is 0.0917. The van der Waals surface area contributed by atoms with E-state index in [1.807, 2.05) is 0 Å². The molecule has 0 bridgehead atoms. The number of nitrogens with zero attached hydrogens (tertiary/aromatic N) is 2. The van der Waals surface area contributed by atoms with Crippen molar-refractivity contribution >= 4 is 22.8 Å². The Labute approximate surface area is 91.2 Å². The molecule has 1 aromatic carbocycles. The highest BCUT2D eigenvalue weighted by Crippen LogP contribution is 2.26. The number of rotatable bonds is 2. The van der Waals surface area contributed by atoms with Crippen molar-refractivity contribution in [2.24, 2.45) is 5.73 Å². The maximum atomic E-state index is 11.2. The molecule has 2 rings (SSSR count). The fraction of sp³-hybridized carbons (Fsp3) is 0.100. The standard InChI is InChI=1S/C10H10N4O2/c1-16-7-3-2-5(9(11)15)8-6(7)4-13-10(12)14-8/h2-4H,1H3,(H2,11,15)(H2,12,13,14). The quantitative estimate of drug-likeness (QED) is 0.755. The van der Waals surface area contributed by atoms with Gasteiger partial charge in [-0.2, -0.15) is 0 Å². The second kappa shape index (κ2) is 3.65. The molecule has 0 aliphatic carbocycles. The number of ether oxygens (including phenoxy) is 1. The number of hydrogen-bond acceptors (Lipinski definition) is 5. The average Bonchev–Trinajstić information content (AvgIpc) is 2.26. The van der Waals surface area contributed by atoms with Gasteiger partial charge in [0.25, 0.3) is 5.91 Å². The Morgan fingerprint density at radius 3 is 2.81 bits per heavy atom. The lowest BCUT2D eigenvalue weighted by Crippen LogP contribution is -2.12. The van der Waals surface area contributed by atoms with E-state index in [2.05, 4.69) is 9.97 Å². The third kappa shape index (κ3) is 1.50. The summed E-state index contributed by atoms with van der Waals surface area (Å²) in [6.45, 7) is 0. The van der Waals surface area contributed by atoms with Crippen LogP contribution in [0.4, 0.5) is 5.95 Å². The topological polar surface area (TPSA) is 104 Å². The van der Waals surface area contributed by atoms with Crippen LogP contribution in [0.15, 0.2) is 18.3 Å². The van der Waals surface area contributed by atoms with Gasteiger partial charge in [0.15, 0.2) is 0 Å². The molecule has 0 unspecified atom stereocenters. The predicted molar refractivity (Wildman–Crippen MR) is 59.0 cm³/mol. The van der Waals surface area contributed by atoms with E-state index in [1.54, 1.807) is 12.1 Å². The van der Waals surface area contributed by atoms with Crippen molar-refractivity contribution in [3.05, 3.63) is 23.9 Å². The van der Waals surface area contributed by atoms with E-state index in [9.17, 15) is 4.79 Å². The number of benzene rings is 1. The molecule has 1 amide bonds. The molecule has 0 fully saturated rings. The van der Waals surface area contributed by atoms with E-state index in [4.69, 9.17) is 16.2 Å². The number of nitrogens with two attached hydrogens (primary N) is 2. The molecule has 0 saturated carbocycles. The first-order valence-electron chi connectivity index (χ1n) is 4.52. The van der Waals surface area contributed by atoms with Crippen LogP contribution >= 0.6 is 0 Å². The highest BCUT2D eigenvalue weighted by molar-refractivity contribution is 6.06. The summed E-state index contributed by atoms with van der Waals surface area (Å²) in [5, 5.41) is 0.605. The van der Waals surface area contributed by atoms with Gasteiger partial charge in [-0.05, 0) is 12.1 Å². The van der Waals surface area contributed by atoms with E-state index in [0.29, 0.717) is 22.2 Å². The zero-order valence-electron chi connectivity index (χ0n) is 8.60. The molecule has 2 aromatic rings. The van der Waals surface area contributed by atoms with Crippen LogP contribution in [0.1, 0.15) is 10.4 Å². The lowest BCUT2D eigenvalue weighted by molar-refractivity contribution is 0.100. The monoisotopic (exact) mass is 218 g/mol. The molecule has 6 nitrogen and oxygen atoms in total. The summed E-state index contributed by atoms with van der Waals surface area (Å²) in [6.07, 6.45) is 1.50. The molecule has 82 valence electrons. The van der Waals surface area contributed by atoms with Gasteiger partial charge >= 0.3 is 0 Å². The zero-order valence-corrected chi connectivity index (χ0v) is 8.60. The van der Waals surface area contributed by atoms with Crippen LogP contribution in [0.3, 0.4) is 0 Å². The van der Waals surface area contributed by atoms with Crippen LogP contribution < -0.4 is 16.2 Å². The van der Waals surface area contributed by atoms with Gasteiger partial charge in [0.2, 0.25) is 5.95 Å². The molecule has 6 heteroatoms. The van der Waals surface area contributed by atoms with E-state index >= 15 is 0 Å². The number of anilines is 1. The Morgan fingerprint density at radius 1 is 1.44 bits per heavy atom. The minimum absolute atomic E-state index is 0.0863. The molecule has 0 spiro atoms. The van der Waals surface area contributed by atoms with Crippen molar-refractivity contribution < 1.29 is 9.53 Å². The first kappa shape index (κ1) is 10.2. The van der Waals surface area contributed by atoms with Gasteiger partial charge in [0, 0.05) is 6.20 Å². The molecule has 0 aliphatic heterocycles. The highest BCUT2D eigenvalue weighted by atomic mass is 16.5. The van der Waals surface area contributed by atoms with E-state index in [0.717, 1.165) is 0 Å². The fourth-order valence-corrected chi connectivity index (χ4v) is 1.49. The van der Waals surface area contributed by atoms with Crippen LogP contribution in [-0.4, -0.2) is 23.0 Å². The van der Waals surface area contributed by atoms with Crippen molar-refractivity contribution in [1.29, 1.82) is 0 Å². The number of carbonyl (C=O) groups excluding carboxylic acids is 1. The summed E-state index contributed by atoms with van der Waals surface area (Å²) >= 11 is 0. The molecule has 0 atom stereocenters. The van der Waals surface area contributed by atoms with Gasteiger partial charge in [-0.1, -0.05) is 0 Å². The summed E-state index contributed by atoms with van der Waals surface area (Å²) in [4.78, 5) is 19.0. The fourth-order valence-electron chi connectivity index (χ4n) is 1.49. The second-order valence-electron chi connectivity index (χ2n) is 3.17. The Hall–Kier alpha value is -2.37. The van der Waals surface area contributed by atoms with Crippen molar-refractivity contribution in [1.82, 2.24) is 9.97 Å². The minimum Gasteiger partial charge on any atom is -0.496 e. The minimum atomic E-state index is -0.564. The third-order valence-electron chi connectivity index (χ3n) is 2.21. The summed E-state index contributed by atoms with van der Waals surface area (Å²) < 4.78 is 5.13. The Balaban J connectivity index is 2.85. The smallest absolute Gasteiger partial charge is 0.250 e. The van der Waals surface area contributed by atoms with Gasteiger partial charge in [-0.15, -0.1) is 0 Å². The molecule has 16 heavy (non-hydrogen) atoms. The number of fused-ring (bicyclic) bond motifs is 1. The summed E-state index contributed by atoms with van der Waals surface area (Å²) in [7, 11) is 1.52. The largest absolute Gasteiger partial charge is 0.496 e.